The van der Waals surface area contributed by atoms with Crippen LogP contribution in [0, 0.1) is 5.92 Å². The molecule has 1 unspecified atom stereocenters. The molecule has 4 aromatic rings. The lowest BCUT2D eigenvalue weighted by atomic mass is 9.91. The molecule has 1 saturated carbocycles. The summed E-state index contributed by atoms with van der Waals surface area (Å²) in [6, 6.07) is 15.2. The van der Waals surface area contributed by atoms with Gasteiger partial charge >= 0.3 is 12.1 Å². The maximum absolute atomic E-state index is 14.3. The van der Waals surface area contributed by atoms with Crippen LogP contribution in [0.1, 0.15) is 71.8 Å². The molecule has 2 aliphatic rings. The van der Waals surface area contributed by atoms with E-state index in [4.69, 9.17) is 31.2 Å². The number of aliphatic hydroxyl groups excluding tert-OH is 1. The second kappa shape index (κ2) is 16.2. The van der Waals surface area contributed by atoms with Crippen LogP contribution in [-0.4, -0.2) is 63.8 Å². The molecule has 0 spiro atoms. The number of pyridine rings is 1. The summed E-state index contributed by atoms with van der Waals surface area (Å²) in [5, 5.41) is 22.5. The van der Waals surface area contributed by atoms with Crippen molar-refractivity contribution in [3.05, 3.63) is 87.3 Å². The maximum atomic E-state index is 14.3. The molecule has 280 valence electrons. The smallest absolute Gasteiger partial charge is 0.435 e. The molecule has 2 heterocycles. The number of aliphatic carboxylic acids is 1. The van der Waals surface area contributed by atoms with E-state index in [1.54, 1.807) is 7.11 Å². The zero-order valence-corrected chi connectivity index (χ0v) is 30.1. The second-order valence-electron chi connectivity index (χ2n) is 13.5. The van der Waals surface area contributed by atoms with Gasteiger partial charge in [0.25, 0.3) is 0 Å². The largest absolute Gasteiger partial charge is 0.481 e. The SMILES string of the molecule is COc1nc(-c2cccc(-c3cccc4c3CC[C@@H]4Cc3nc(OC)c(CCCC(=O)O)nc3C(F)(F)F)c2Cl)ccc1CNC[C@H]1CC(=O)C(O)C1. The quantitative estimate of drug-likeness (QED) is 0.123. The fourth-order valence-corrected chi connectivity index (χ4v) is 7.74. The Morgan fingerprint density at radius 2 is 1.72 bits per heavy atom. The summed E-state index contributed by atoms with van der Waals surface area (Å²) in [5.41, 5.74) is 4.35. The normalized spacial score (nSPS) is 18.3. The third-order valence-corrected chi connectivity index (χ3v) is 10.4. The number of ketones is 1. The van der Waals surface area contributed by atoms with Crippen LogP contribution in [0.3, 0.4) is 0 Å². The van der Waals surface area contributed by atoms with Crippen molar-refractivity contribution in [3.8, 4) is 34.1 Å². The third-order valence-electron chi connectivity index (χ3n) is 9.97. The van der Waals surface area contributed by atoms with Crippen molar-refractivity contribution >= 4 is 23.4 Å². The van der Waals surface area contributed by atoms with Crippen LogP contribution in [-0.2, 0) is 41.6 Å². The van der Waals surface area contributed by atoms with E-state index >= 15 is 0 Å². The number of hydrogen-bond acceptors (Lipinski definition) is 9. The Bertz CT molecular complexity index is 2010. The van der Waals surface area contributed by atoms with Gasteiger partial charge in [0.1, 0.15) is 11.8 Å². The number of Topliss-reactive ketones (excluding diaryl/α,β-unsaturated/α-hetero) is 1. The van der Waals surface area contributed by atoms with Crippen molar-refractivity contribution in [2.24, 2.45) is 5.92 Å². The number of alkyl halides is 3. The van der Waals surface area contributed by atoms with Gasteiger partial charge in [-0.2, -0.15) is 13.2 Å². The van der Waals surface area contributed by atoms with Crippen LogP contribution < -0.4 is 14.8 Å². The molecule has 0 radical (unpaired) electrons. The summed E-state index contributed by atoms with van der Waals surface area (Å²) in [4.78, 5) is 35.6. The van der Waals surface area contributed by atoms with Gasteiger partial charge in [-0.3, -0.25) is 9.59 Å². The van der Waals surface area contributed by atoms with Gasteiger partial charge in [0.2, 0.25) is 11.8 Å². The molecule has 2 aromatic carbocycles. The van der Waals surface area contributed by atoms with Gasteiger partial charge in [-0.05, 0) is 79.7 Å². The molecule has 3 atom stereocenters. The first kappa shape index (κ1) is 38.1. The number of nitrogens with one attached hydrogen (secondary N) is 1. The minimum atomic E-state index is -4.76. The van der Waals surface area contributed by atoms with Gasteiger partial charge < -0.3 is 25.0 Å². The Morgan fingerprint density at radius 3 is 2.42 bits per heavy atom. The molecule has 2 aromatic heterocycles. The number of aryl methyl sites for hydroxylation is 1. The van der Waals surface area contributed by atoms with Crippen LogP contribution in [0.15, 0.2) is 48.5 Å². The van der Waals surface area contributed by atoms with E-state index in [0.717, 1.165) is 27.8 Å². The average molecular weight is 753 g/mol. The number of carboxylic acids is 1. The van der Waals surface area contributed by atoms with Gasteiger partial charge in [-0.1, -0.05) is 54.1 Å². The summed E-state index contributed by atoms with van der Waals surface area (Å²) in [6.45, 7) is 1.04. The Balaban J connectivity index is 1.24. The Hall–Kier alpha value is -4.59. The van der Waals surface area contributed by atoms with Crippen LogP contribution in [0.2, 0.25) is 5.02 Å². The number of ether oxygens (including phenoxy) is 2. The fraction of sp³-hybridized carbons (Fsp3) is 0.410. The van der Waals surface area contributed by atoms with Gasteiger partial charge in [0, 0.05) is 36.1 Å². The first-order chi connectivity index (χ1) is 25.4. The molecular weight excluding hydrogens is 713 g/mol. The highest BCUT2D eigenvalue weighted by Crippen LogP contribution is 2.45. The molecule has 0 aliphatic heterocycles. The molecule has 3 N–H and O–H groups in total. The average Bonchev–Trinajstić information content (AvgIpc) is 3.69. The highest BCUT2D eigenvalue weighted by Gasteiger charge is 2.39. The topological polar surface area (TPSA) is 144 Å². The first-order valence-electron chi connectivity index (χ1n) is 17.5. The van der Waals surface area contributed by atoms with Crippen LogP contribution in [0.25, 0.3) is 22.4 Å². The van der Waals surface area contributed by atoms with Crippen molar-refractivity contribution in [2.75, 3.05) is 20.8 Å². The summed E-state index contributed by atoms with van der Waals surface area (Å²) < 4.78 is 53.9. The second-order valence-corrected chi connectivity index (χ2v) is 13.9. The Morgan fingerprint density at radius 1 is 0.981 bits per heavy atom. The van der Waals surface area contributed by atoms with Crippen molar-refractivity contribution in [1.29, 1.82) is 0 Å². The molecule has 53 heavy (non-hydrogen) atoms. The summed E-state index contributed by atoms with van der Waals surface area (Å²) >= 11 is 7.10. The number of hydrogen-bond donors (Lipinski definition) is 3. The summed E-state index contributed by atoms with van der Waals surface area (Å²) in [7, 11) is 2.85. The molecule has 0 saturated heterocycles. The Labute approximate surface area is 309 Å². The van der Waals surface area contributed by atoms with E-state index in [0.29, 0.717) is 60.9 Å². The standard InChI is InChI=1S/C39H40ClF3N4O6/c1-52-37-23(20-44-19-21-16-32(48)33(49)17-21)13-15-29(46-37)28-9-4-8-27(35(28)40)25-7-3-6-24-22(12-14-26(24)25)18-31-36(39(41,42)43)45-30(38(47-31)53-2)10-5-11-34(50)51/h3-4,6-9,13,15,21-22,32,44,48H,5,10-12,14,16-20H2,1-2H3,(H,50,51)/t21-,22-,32?/m1/s1. The van der Waals surface area contributed by atoms with Gasteiger partial charge in [0.05, 0.1) is 30.6 Å². The number of halogens is 4. The zero-order chi connectivity index (χ0) is 37.9. The molecular formula is C39H40ClF3N4O6. The predicted molar refractivity (Wildman–Crippen MR) is 191 cm³/mol. The number of methoxy groups -OCH3 is 2. The van der Waals surface area contributed by atoms with Crippen molar-refractivity contribution in [3.63, 3.8) is 0 Å². The van der Waals surface area contributed by atoms with Gasteiger partial charge in [-0.15, -0.1) is 0 Å². The molecule has 1 fully saturated rings. The predicted octanol–water partition coefficient (Wildman–Crippen LogP) is 7.00. The summed E-state index contributed by atoms with van der Waals surface area (Å²) in [6.07, 6.45) is -3.75. The number of carboxylic acid groups (broad SMARTS) is 1. The highest BCUT2D eigenvalue weighted by molar-refractivity contribution is 6.36. The molecule has 0 bridgehead atoms. The molecule has 0 amide bonds. The monoisotopic (exact) mass is 752 g/mol. The minimum Gasteiger partial charge on any atom is -0.481 e. The number of benzene rings is 2. The highest BCUT2D eigenvalue weighted by atomic mass is 35.5. The number of rotatable bonds is 14. The number of aromatic nitrogens is 3. The van der Waals surface area contributed by atoms with E-state index in [1.807, 2.05) is 48.5 Å². The minimum absolute atomic E-state index is 0.0104. The molecule has 10 nitrogen and oxygen atoms in total. The van der Waals surface area contributed by atoms with Crippen LogP contribution in [0.4, 0.5) is 13.2 Å². The number of carbonyl (C=O) groups is 2. The van der Waals surface area contributed by atoms with E-state index in [-0.39, 0.29) is 60.6 Å². The zero-order valence-electron chi connectivity index (χ0n) is 29.3. The van der Waals surface area contributed by atoms with Gasteiger partial charge in [-0.25, -0.2) is 15.0 Å². The van der Waals surface area contributed by atoms with Crippen LogP contribution in [0.5, 0.6) is 11.8 Å². The van der Waals surface area contributed by atoms with Gasteiger partial charge in [0.15, 0.2) is 11.5 Å². The Kier molecular flexibility index (Phi) is 11.7. The lowest BCUT2D eigenvalue weighted by molar-refractivity contribution is -0.142. The van der Waals surface area contributed by atoms with E-state index in [9.17, 15) is 27.9 Å². The number of fused-ring (bicyclic) bond motifs is 1. The van der Waals surface area contributed by atoms with Crippen molar-refractivity contribution < 1.29 is 42.4 Å². The van der Waals surface area contributed by atoms with Crippen LogP contribution >= 0.6 is 11.6 Å². The lowest BCUT2D eigenvalue weighted by Gasteiger charge is -2.19. The van der Waals surface area contributed by atoms with Crippen molar-refractivity contribution in [1.82, 2.24) is 20.3 Å². The summed E-state index contributed by atoms with van der Waals surface area (Å²) in [5.74, 6) is -0.970. The molecule has 14 heteroatoms. The first-order valence-corrected chi connectivity index (χ1v) is 17.8. The lowest BCUT2D eigenvalue weighted by Crippen LogP contribution is -2.21. The number of nitrogens with zero attached hydrogens (tertiary/aromatic N) is 3. The van der Waals surface area contributed by atoms with E-state index in [2.05, 4.69) is 15.3 Å². The van der Waals surface area contributed by atoms with E-state index < -0.39 is 23.9 Å². The molecule has 2 aliphatic carbocycles. The fourth-order valence-electron chi connectivity index (χ4n) is 7.41. The number of aliphatic hydroxyl groups is 1. The third kappa shape index (κ3) is 8.47. The molecule has 6 rings (SSSR count). The maximum Gasteiger partial charge on any atom is 0.435 e. The van der Waals surface area contributed by atoms with Crippen molar-refractivity contribution in [2.45, 2.75) is 76.1 Å². The van der Waals surface area contributed by atoms with E-state index in [1.165, 1.54) is 7.11 Å². The number of carbonyl (C=O) groups excluding carboxylic acids is 1.